The van der Waals surface area contributed by atoms with Crippen LogP contribution in [0.5, 0.6) is 0 Å². The summed E-state index contributed by atoms with van der Waals surface area (Å²) >= 11 is 11.6. The lowest BCUT2D eigenvalue weighted by Gasteiger charge is -2.06. The van der Waals surface area contributed by atoms with Crippen LogP contribution in [0, 0.1) is 0 Å². The molecule has 0 aromatic carbocycles. The molecule has 2 rings (SSSR count). The van der Waals surface area contributed by atoms with Crippen molar-refractivity contribution in [3.05, 3.63) is 46.5 Å². The van der Waals surface area contributed by atoms with E-state index in [-0.39, 0.29) is 5.91 Å². The number of aromatic nitrogens is 2. The first-order valence-electron chi connectivity index (χ1n) is 4.81. The van der Waals surface area contributed by atoms with E-state index in [1.807, 2.05) is 0 Å². The fourth-order valence-electron chi connectivity index (χ4n) is 1.44. The molecule has 0 atom stereocenters. The number of rotatable bonds is 2. The molecular weight excluding hydrogens is 261 g/mol. The molecule has 1 N–H and O–H groups in total. The van der Waals surface area contributed by atoms with E-state index in [1.54, 1.807) is 36.0 Å². The van der Waals surface area contributed by atoms with Crippen molar-refractivity contribution in [1.29, 1.82) is 0 Å². The van der Waals surface area contributed by atoms with E-state index in [2.05, 4.69) is 10.3 Å². The summed E-state index contributed by atoms with van der Waals surface area (Å²) in [4.78, 5) is 15.8. The molecular formula is C11H9Cl2N3O. The fraction of sp³-hybridized carbons (Fsp3) is 0.0909. The topological polar surface area (TPSA) is 46.9 Å². The van der Waals surface area contributed by atoms with Gasteiger partial charge in [-0.05, 0) is 18.2 Å². The molecule has 0 aliphatic rings. The van der Waals surface area contributed by atoms with Gasteiger partial charge >= 0.3 is 0 Å². The van der Waals surface area contributed by atoms with Crippen molar-refractivity contribution in [2.24, 2.45) is 7.05 Å². The number of halogens is 2. The van der Waals surface area contributed by atoms with Crippen LogP contribution in [-0.4, -0.2) is 15.5 Å². The molecule has 0 fully saturated rings. The van der Waals surface area contributed by atoms with Crippen molar-refractivity contribution in [3.63, 3.8) is 0 Å². The van der Waals surface area contributed by atoms with Gasteiger partial charge < -0.3 is 9.88 Å². The maximum atomic E-state index is 11.9. The van der Waals surface area contributed by atoms with Crippen LogP contribution in [0.25, 0.3) is 0 Å². The van der Waals surface area contributed by atoms with Crippen LogP contribution in [-0.2, 0) is 7.05 Å². The van der Waals surface area contributed by atoms with Crippen molar-refractivity contribution < 1.29 is 4.79 Å². The Hall–Kier alpha value is -1.52. The SMILES string of the molecule is Cn1ccc(Cl)c1C(=O)Nc1ccnc(Cl)c1. The second kappa shape index (κ2) is 4.77. The van der Waals surface area contributed by atoms with Crippen LogP contribution >= 0.6 is 23.2 Å². The van der Waals surface area contributed by atoms with Crippen molar-refractivity contribution in [3.8, 4) is 0 Å². The number of anilines is 1. The van der Waals surface area contributed by atoms with Crippen LogP contribution in [0.3, 0.4) is 0 Å². The molecule has 4 nitrogen and oxygen atoms in total. The van der Waals surface area contributed by atoms with Gasteiger partial charge in [0.2, 0.25) is 0 Å². The second-order valence-corrected chi connectivity index (χ2v) is 4.24. The zero-order valence-electron chi connectivity index (χ0n) is 8.95. The normalized spacial score (nSPS) is 10.3. The highest BCUT2D eigenvalue weighted by Crippen LogP contribution is 2.19. The number of aryl methyl sites for hydroxylation is 1. The summed E-state index contributed by atoms with van der Waals surface area (Å²) in [6.07, 6.45) is 3.24. The lowest BCUT2D eigenvalue weighted by Crippen LogP contribution is -2.15. The summed E-state index contributed by atoms with van der Waals surface area (Å²) in [5.41, 5.74) is 0.979. The molecule has 0 unspecified atom stereocenters. The first-order chi connectivity index (χ1) is 8.08. The summed E-state index contributed by atoms with van der Waals surface area (Å²) in [7, 11) is 1.75. The minimum atomic E-state index is -0.287. The molecule has 88 valence electrons. The Kier molecular flexibility index (Phi) is 3.36. The summed E-state index contributed by atoms with van der Waals surface area (Å²) in [5.74, 6) is -0.287. The van der Waals surface area contributed by atoms with Crippen LogP contribution in [0.4, 0.5) is 5.69 Å². The number of hydrogen-bond acceptors (Lipinski definition) is 2. The van der Waals surface area contributed by atoms with Gasteiger partial charge in [0.15, 0.2) is 0 Å². The predicted octanol–water partition coefficient (Wildman–Crippen LogP) is 2.98. The van der Waals surface area contributed by atoms with Crippen molar-refractivity contribution in [2.75, 3.05) is 5.32 Å². The third-order valence-electron chi connectivity index (χ3n) is 2.22. The van der Waals surface area contributed by atoms with Gasteiger partial charge in [-0.2, -0.15) is 0 Å². The molecule has 0 saturated carbocycles. The lowest BCUT2D eigenvalue weighted by atomic mass is 10.3. The average Bonchev–Trinajstić information content (AvgIpc) is 2.58. The first-order valence-corrected chi connectivity index (χ1v) is 5.57. The van der Waals surface area contributed by atoms with Gasteiger partial charge in [0.1, 0.15) is 10.8 Å². The maximum absolute atomic E-state index is 11.9. The van der Waals surface area contributed by atoms with Crippen molar-refractivity contribution in [1.82, 2.24) is 9.55 Å². The molecule has 2 aromatic rings. The Morgan fingerprint density at radius 3 is 2.76 bits per heavy atom. The second-order valence-electron chi connectivity index (χ2n) is 3.44. The van der Waals surface area contributed by atoms with E-state index in [9.17, 15) is 4.79 Å². The summed E-state index contributed by atoms with van der Waals surface area (Å²) in [6, 6.07) is 4.88. The Bertz CT molecular complexity index is 546. The number of nitrogens with one attached hydrogen (secondary N) is 1. The molecule has 2 aromatic heterocycles. The van der Waals surface area contributed by atoms with E-state index < -0.39 is 0 Å². The third-order valence-corrected chi connectivity index (χ3v) is 2.73. The van der Waals surface area contributed by atoms with Gasteiger partial charge in [0.25, 0.3) is 5.91 Å². The zero-order valence-corrected chi connectivity index (χ0v) is 10.5. The minimum absolute atomic E-state index is 0.287. The Morgan fingerprint density at radius 2 is 2.18 bits per heavy atom. The van der Waals surface area contributed by atoms with Gasteiger partial charge in [-0.15, -0.1) is 0 Å². The van der Waals surface area contributed by atoms with Gasteiger partial charge in [-0.1, -0.05) is 23.2 Å². The number of carbonyl (C=O) groups is 1. The van der Waals surface area contributed by atoms with Crippen LogP contribution in [0.15, 0.2) is 30.6 Å². The van der Waals surface area contributed by atoms with E-state index in [0.29, 0.717) is 21.6 Å². The Labute approximate surface area is 108 Å². The maximum Gasteiger partial charge on any atom is 0.273 e. The van der Waals surface area contributed by atoms with E-state index in [4.69, 9.17) is 23.2 Å². The zero-order chi connectivity index (χ0) is 12.4. The molecule has 2 heterocycles. The monoisotopic (exact) mass is 269 g/mol. The quantitative estimate of drug-likeness (QED) is 0.853. The highest BCUT2D eigenvalue weighted by atomic mass is 35.5. The molecule has 17 heavy (non-hydrogen) atoms. The van der Waals surface area contributed by atoms with Crippen LogP contribution < -0.4 is 5.32 Å². The first kappa shape index (κ1) is 12.0. The number of amides is 1. The largest absolute Gasteiger partial charge is 0.345 e. The van der Waals surface area contributed by atoms with Gasteiger partial charge in [0, 0.05) is 25.1 Å². The Balaban J connectivity index is 2.23. The van der Waals surface area contributed by atoms with Gasteiger partial charge in [0.05, 0.1) is 5.02 Å². The number of hydrogen-bond donors (Lipinski definition) is 1. The molecule has 1 amide bonds. The summed E-state index contributed by atoms with van der Waals surface area (Å²) in [5, 5.41) is 3.43. The highest BCUT2D eigenvalue weighted by Gasteiger charge is 2.14. The van der Waals surface area contributed by atoms with Crippen molar-refractivity contribution >= 4 is 34.8 Å². The number of pyridine rings is 1. The molecule has 0 radical (unpaired) electrons. The number of carbonyl (C=O) groups excluding carboxylic acids is 1. The lowest BCUT2D eigenvalue weighted by molar-refractivity contribution is 0.101. The van der Waals surface area contributed by atoms with Gasteiger partial charge in [-0.25, -0.2) is 4.98 Å². The van der Waals surface area contributed by atoms with Crippen LogP contribution in [0.1, 0.15) is 10.5 Å². The molecule has 0 saturated heterocycles. The predicted molar refractivity (Wildman–Crippen MR) is 67.6 cm³/mol. The highest BCUT2D eigenvalue weighted by molar-refractivity contribution is 6.34. The average molecular weight is 270 g/mol. The standard InChI is InChI=1S/C11H9Cl2N3O/c1-16-5-3-8(12)10(16)11(17)15-7-2-4-14-9(13)6-7/h2-6H,1H3,(H,14,15,17). The summed E-state index contributed by atoms with van der Waals surface area (Å²) < 4.78 is 1.65. The molecule has 0 bridgehead atoms. The molecule has 6 heteroatoms. The van der Waals surface area contributed by atoms with E-state index >= 15 is 0 Å². The molecule has 0 aliphatic carbocycles. The van der Waals surface area contributed by atoms with E-state index in [0.717, 1.165) is 0 Å². The van der Waals surface area contributed by atoms with Gasteiger partial charge in [-0.3, -0.25) is 4.79 Å². The molecule has 0 aliphatic heterocycles. The van der Waals surface area contributed by atoms with E-state index in [1.165, 1.54) is 6.20 Å². The third kappa shape index (κ3) is 2.60. The fourth-order valence-corrected chi connectivity index (χ4v) is 1.89. The smallest absolute Gasteiger partial charge is 0.273 e. The number of nitrogens with zero attached hydrogens (tertiary/aromatic N) is 2. The minimum Gasteiger partial charge on any atom is -0.345 e. The Morgan fingerprint density at radius 1 is 1.41 bits per heavy atom. The van der Waals surface area contributed by atoms with Crippen LogP contribution in [0.2, 0.25) is 10.2 Å². The molecule has 0 spiro atoms. The van der Waals surface area contributed by atoms with Crippen molar-refractivity contribution in [2.45, 2.75) is 0 Å². The summed E-state index contributed by atoms with van der Waals surface area (Å²) in [6.45, 7) is 0.